The molecule has 3 heterocycles. The van der Waals surface area contributed by atoms with Crippen LogP contribution < -0.4 is 5.32 Å². The average Bonchev–Trinajstić information content (AvgIpc) is 3.51. The molecule has 4 atom stereocenters. The summed E-state index contributed by atoms with van der Waals surface area (Å²) in [5.74, 6) is -3.22. The highest BCUT2D eigenvalue weighted by Gasteiger charge is 2.53. The number of hydrogen-bond acceptors (Lipinski definition) is 9. The lowest BCUT2D eigenvalue weighted by molar-refractivity contribution is -0.0448. The molecule has 2 aromatic heterocycles. The number of halogens is 1. The van der Waals surface area contributed by atoms with Crippen LogP contribution in [0.3, 0.4) is 0 Å². The fourth-order valence-corrected chi connectivity index (χ4v) is 7.20. The summed E-state index contributed by atoms with van der Waals surface area (Å²) in [6, 6.07) is 19.3. The lowest BCUT2D eigenvalue weighted by Crippen LogP contribution is -2.43. The second-order valence-corrected chi connectivity index (χ2v) is 13.9. The van der Waals surface area contributed by atoms with Crippen molar-refractivity contribution in [3.63, 3.8) is 0 Å². The van der Waals surface area contributed by atoms with Gasteiger partial charge in [-0.05, 0) is 17.5 Å². The number of anilines is 1. The van der Waals surface area contributed by atoms with Crippen molar-refractivity contribution in [3.05, 3.63) is 83.9 Å². The molecule has 2 aromatic carbocycles. The van der Waals surface area contributed by atoms with Crippen LogP contribution in [0.15, 0.2) is 67.0 Å². The molecule has 0 bridgehead atoms. The molecule has 1 aliphatic heterocycles. The lowest BCUT2D eigenvalue weighted by atomic mass is 10.1. The third-order valence-corrected chi connectivity index (χ3v) is 10.2. The second-order valence-electron chi connectivity index (χ2n) is 9.95. The molecule has 224 valence electrons. The standard InChI is InChI=1S/C26H30FN5O8P2/c27-26(15-39-20(23(26)33)14-40-42(37,38)17-41(34,35)36)32-16-29-22-24(28-13-19-9-5-2-6-10-19)30-21(31-25(22)32)12-11-18-7-3-1-4-8-18/h1-10,16,20,23,33H,11-15,17H2,(H,37,38)(H,28,30,31)(H2,34,35,36)/t20-,23-,26-/m1/s1. The Morgan fingerprint density at radius 2 is 1.69 bits per heavy atom. The molecule has 42 heavy (non-hydrogen) atoms. The normalized spacial score (nSPS) is 22.3. The van der Waals surface area contributed by atoms with E-state index < -0.39 is 52.3 Å². The minimum atomic E-state index is -4.87. The molecule has 0 spiro atoms. The number of nitrogens with zero attached hydrogens (tertiary/aromatic N) is 4. The molecule has 0 amide bonds. The average molecular weight is 621 g/mol. The van der Waals surface area contributed by atoms with Gasteiger partial charge in [0.2, 0.25) is 5.79 Å². The zero-order valence-electron chi connectivity index (χ0n) is 22.2. The van der Waals surface area contributed by atoms with Crippen molar-refractivity contribution in [1.82, 2.24) is 19.5 Å². The summed E-state index contributed by atoms with van der Waals surface area (Å²) in [5, 5.41) is 14.1. The van der Waals surface area contributed by atoms with Gasteiger partial charge in [-0.25, -0.2) is 19.3 Å². The summed E-state index contributed by atoms with van der Waals surface area (Å²) in [7, 11) is -9.60. The van der Waals surface area contributed by atoms with E-state index >= 15 is 4.39 Å². The van der Waals surface area contributed by atoms with Gasteiger partial charge in [0.05, 0.1) is 12.9 Å². The highest BCUT2D eigenvalue weighted by Crippen LogP contribution is 2.55. The van der Waals surface area contributed by atoms with E-state index in [1.54, 1.807) is 0 Å². The van der Waals surface area contributed by atoms with Crippen LogP contribution >= 0.6 is 15.2 Å². The number of rotatable bonds is 12. The smallest absolute Gasteiger partial charge is 0.340 e. The van der Waals surface area contributed by atoms with E-state index in [0.717, 1.165) is 15.7 Å². The van der Waals surface area contributed by atoms with E-state index in [9.17, 15) is 19.1 Å². The highest BCUT2D eigenvalue weighted by molar-refractivity contribution is 7.70. The topological polar surface area (TPSA) is 189 Å². The maximum Gasteiger partial charge on any atom is 0.340 e. The van der Waals surface area contributed by atoms with Gasteiger partial charge in [-0.15, -0.1) is 0 Å². The zero-order chi connectivity index (χ0) is 30.0. The molecule has 0 saturated carbocycles. The van der Waals surface area contributed by atoms with Crippen molar-refractivity contribution >= 4 is 32.2 Å². The maximum absolute atomic E-state index is 16.5. The number of aryl methyl sites for hydroxylation is 2. The molecule has 0 aliphatic carbocycles. The minimum Gasteiger partial charge on any atom is -0.385 e. The SMILES string of the molecule is O=P(O)(O)CP(=O)(O)OC[C@H]1OC[C@@](F)(n2cnc3c(NCc4ccccc4)nc(CCc4ccccc4)nc32)[C@@H]1O. The Kier molecular flexibility index (Phi) is 8.89. The summed E-state index contributed by atoms with van der Waals surface area (Å²) in [4.78, 5) is 41.3. The van der Waals surface area contributed by atoms with E-state index in [0.29, 0.717) is 31.0 Å². The van der Waals surface area contributed by atoms with E-state index in [-0.39, 0.29) is 11.2 Å². The number of hydrogen-bond donors (Lipinski definition) is 5. The third-order valence-electron chi connectivity index (χ3n) is 6.73. The summed E-state index contributed by atoms with van der Waals surface area (Å²) in [5.41, 5.74) is 2.42. The molecule has 1 fully saturated rings. The van der Waals surface area contributed by atoms with E-state index in [1.807, 2.05) is 60.7 Å². The quantitative estimate of drug-likeness (QED) is 0.146. The van der Waals surface area contributed by atoms with Gasteiger partial charge < -0.3 is 34.4 Å². The van der Waals surface area contributed by atoms with Crippen LogP contribution in [-0.4, -0.2) is 70.6 Å². The van der Waals surface area contributed by atoms with Crippen molar-refractivity contribution in [2.45, 2.75) is 37.4 Å². The molecule has 1 saturated heterocycles. The molecule has 5 N–H and O–H groups in total. The number of fused-ring (bicyclic) bond motifs is 1. The van der Waals surface area contributed by atoms with Gasteiger partial charge in [0.25, 0.3) is 0 Å². The van der Waals surface area contributed by atoms with Crippen molar-refractivity contribution in [2.75, 3.05) is 24.4 Å². The van der Waals surface area contributed by atoms with Crippen LogP contribution in [0.25, 0.3) is 11.2 Å². The zero-order valence-corrected chi connectivity index (χ0v) is 24.0. The fraction of sp³-hybridized carbons (Fsp3) is 0.346. The number of benzene rings is 2. The Balaban J connectivity index is 1.42. The van der Waals surface area contributed by atoms with Crippen molar-refractivity contribution in [2.24, 2.45) is 0 Å². The van der Waals surface area contributed by atoms with Gasteiger partial charge >= 0.3 is 15.2 Å². The summed E-state index contributed by atoms with van der Waals surface area (Å²) in [6.45, 7) is -1.04. The first-order chi connectivity index (χ1) is 19.9. The highest BCUT2D eigenvalue weighted by atomic mass is 31.2. The van der Waals surface area contributed by atoms with Gasteiger partial charge in [0, 0.05) is 13.0 Å². The number of nitrogens with one attached hydrogen (secondary N) is 1. The van der Waals surface area contributed by atoms with Crippen molar-refractivity contribution < 1.29 is 42.6 Å². The summed E-state index contributed by atoms with van der Waals surface area (Å²) >= 11 is 0. The molecule has 16 heteroatoms. The largest absolute Gasteiger partial charge is 0.385 e. The molecule has 4 aromatic rings. The second kappa shape index (κ2) is 12.3. The Labute approximate surface area is 240 Å². The van der Waals surface area contributed by atoms with Crippen LogP contribution in [-0.2, 0) is 43.6 Å². The fourth-order valence-electron chi connectivity index (χ4n) is 4.63. The Morgan fingerprint density at radius 3 is 2.36 bits per heavy atom. The van der Waals surface area contributed by atoms with Crippen LogP contribution in [0.1, 0.15) is 17.0 Å². The predicted molar refractivity (Wildman–Crippen MR) is 150 cm³/mol. The monoisotopic (exact) mass is 621 g/mol. The Morgan fingerprint density at radius 1 is 1.02 bits per heavy atom. The predicted octanol–water partition coefficient (Wildman–Crippen LogP) is 2.94. The number of aliphatic hydroxyl groups excluding tert-OH is 1. The molecule has 13 nitrogen and oxygen atoms in total. The number of ether oxygens (including phenoxy) is 1. The molecular formula is C26H30FN5O8P2. The van der Waals surface area contributed by atoms with Gasteiger partial charge in [0.15, 0.2) is 22.9 Å². The van der Waals surface area contributed by atoms with Crippen LogP contribution in [0.2, 0.25) is 0 Å². The summed E-state index contributed by atoms with van der Waals surface area (Å²) < 4.78 is 50.8. The van der Waals surface area contributed by atoms with Crippen LogP contribution in [0.5, 0.6) is 0 Å². The van der Waals surface area contributed by atoms with E-state index in [1.165, 1.54) is 6.33 Å². The van der Waals surface area contributed by atoms with Gasteiger partial charge in [-0.3, -0.25) is 13.7 Å². The van der Waals surface area contributed by atoms with E-state index in [4.69, 9.17) is 19.0 Å². The minimum absolute atomic E-state index is 0.102. The van der Waals surface area contributed by atoms with E-state index in [2.05, 4.69) is 20.3 Å². The lowest BCUT2D eigenvalue weighted by Gasteiger charge is -2.25. The first-order valence-electron chi connectivity index (χ1n) is 13.0. The van der Waals surface area contributed by atoms with Crippen molar-refractivity contribution in [1.29, 1.82) is 0 Å². The van der Waals surface area contributed by atoms with Crippen LogP contribution in [0, 0.1) is 0 Å². The maximum atomic E-state index is 16.5. The molecule has 1 aliphatic rings. The molecule has 5 rings (SSSR count). The van der Waals surface area contributed by atoms with Crippen LogP contribution in [0.4, 0.5) is 10.2 Å². The summed E-state index contributed by atoms with van der Waals surface area (Å²) in [6.07, 6.45) is -1.08. The molecule has 0 radical (unpaired) electrons. The van der Waals surface area contributed by atoms with Gasteiger partial charge in [-0.2, -0.15) is 0 Å². The van der Waals surface area contributed by atoms with Crippen molar-refractivity contribution in [3.8, 4) is 0 Å². The first kappa shape index (κ1) is 30.4. The van der Waals surface area contributed by atoms with Gasteiger partial charge in [0.1, 0.15) is 24.6 Å². The number of aromatic nitrogens is 4. The molecular weight excluding hydrogens is 591 g/mol. The third kappa shape index (κ3) is 7.11. The molecule has 1 unspecified atom stereocenters. The Bertz CT molecular complexity index is 1620. The van der Waals surface area contributed by atoms with Gasteiger partial charge in [-0.1, -0.05) is 60.7 Å². The number of aliphatic hydroxyl groups is 1. The number of alkyl halides is 1. The first-order valence-corrected chi connectivity index (χ1v) is 16.6. The Hall–Kier alpha value is -3.06. The number of imidazole rings is 1.